The van der Waals surface area contributed by atoms with Crippen molar-refractivity contribution in [2.75, 3.05) is 19.8 Å². The molecule has 1 aromatic rings. The first-order chi connectivity index (χ1) is 21.0. The molecule has 12 nitrogen and oxygen atoms in total. The number of amides is 3. The summed E-state index contributed by atoms with van der Waals surface area (Å²) in [4.78, 5) is 76.6. The normalized spacial score (nSPS) is 17.7. The van der Waals surface area contributed by atoms with Crippen LogP contribution in [0.3, 0.4) is 0 Å². The molecule has 2 atom stereocenters. The number of nitrogens with one attached hydrogen (secondary N) is 3. The van der Waals surface area contributed by atoms with E-state index in [0.717, 1.165) is 43.7 Å². The first-order valence-electron chi connectivity index (χ1n) is 15.1. The highest BCUT2D eigenvalue weighted by Crippen LogP contribution is 2.28. The predicted octanol–water partition coefficient (Wildman–Crippen LogP) is 2.04. The molecule has 1 aromatic carbocycles. The number of ketones is 2. The van der Waals surface area contributed by atoms with Gasteiger partial charge in [0.2, 0.25) is 11.7 Å². The number of ether oxygens (including phenoxy) is 3. The molecule has 44 heavy (non-hydrogen) atoms. The van der Waals surface area contributed by atoms with Gasteiger partial charge in [-0.25, -0.2) is 0 Å². The van der Waals surface area contributed by atoms with Crippen molar-refractivity contribution in [1.29, 1.82) is 0 Å². The summed E-state index contributed by atoms with van der Waals surface area (Å²) in [6, 6.07) is 6.65. The fourth-order valence-corrected chi connectivity index (χ4v) is 5.24. The molecule has 3 rings (SSSR count). The zero-order valence-corrected chi connectivity index (χ0v) is 25.6. The van der Waals surface area contributed by atoms with Crippen molar-refractivity contribution in [1.82, 2.24) is 16.0 Å². The Morgan fingerprint density at radius 2 is 1.70 bits per heavy atom. The molecule has 1 aliphatic carbocycles. The molecule has 0 bridgehead atoms. The Morgan fingerprint density at radius 3 is 2.36 bits per heavy atom. The Kier molecular flexibility index (Phi) is 13.1. The summed E-state index contributed by atoms with van der Waals surface area (Å²) in [5, 5.41) is 7.49. The van der Waals surface area contributed by atoms with Gasteiger partial charge in [-0.3, -0.25) is 28.8 Å². The van der Waals surface area contributed by atoms with E-state index < -0.39 is 53.7 Å². The third-order valence-corrected chi connectivity index (χ3v) is 7.37. The van der Waals surface area contributed by atoms with Gasteiger partial charge in [-0.05, 0) is 38.7 Å². The summed E-state index contributed by atoms with van der Waals surface area (Å²) in [6.07, 6.45) is 6.37. The van der Waals surface area contributed by atoms with Crippen molar-refractivity contribution in [2.45, 2.75) is 90.0 Å². The van der Waals surface area contributed by atoms with Crippen LogP contribution in [-0.2, 0) is 49.6 Å². The van der Waals surface area contributed by atoms with Crippen LogP contribution in [0, 0.1) is 5.92 Å². The number of rotatable bonds is 15. The standard InChI is InChI=1S/C32H43N3O9/c1-4-43-27(37)18-33-31(41)28(38)25(20-42-19-22-13-9-6-10-14-22)35-29(39)24(15-21-11-7-5-8-12-21)34-30(40)26-16-23(36)17-32(2,3)44-26/h6,9-10,13-14,16,21,24-25H,4-5,7-8,11-12,15,17-20H2,1-3H3,(H,33,41)(H,34,40)(H,35,39)/t24-,25-/m0/s1. The number of carbonyl (C=O) groups excluding carboxylic acids is 6. The molecule has 2 aliphatic rings. The molecular weight excluding hydrogens is 570 g/mol. The van der Waals surface area contributed by atoms with E-state index in [4.69, 9.17) is 14.2 Å². The van der Waals surface area contributed by atoms with Crippen LogP contribution >= 0.6 is 0 Å². The minimum Gasteiger partial charge on any atom is -0.482 e. The van der Waals surface area contributed by atoms with Crippen molar-refractivity contribution in [2.24, 2.45) is 5.92 Å². The van der Waals surface area contributed by atoms with Crippen LogP contribution in [0.1, 0.15) is 71.3 Å². The van der Waals surface area contributed by atoms with Gasteiger partial charge in [0.15, 0.2) is 11.5 Å². The van der Waals surface area contributed by atoms with E-state index in [1.165, 1.54) is 0 Å². The molecule has 1 fully saturated rings. The Bertz CT molecular complexity index is 1220. The third-order valence-electron chi connectivity index (χ3n) is 7.37. The molecule has 0 saturated heterocycles. The zero-order chi connectivity index (χ0) is 32.1. The van der Waals surface area contributed by atoms with E-state index in [1.807, 2.05) is 30.3 Å². The quantitative estimate of drug-likeness (QED) is 0.198. The number of benzene rings is 1. The highest BCUT2D eigenvalue weighted by Gasteiger charge is 2.36. The van der Waals surface area contributed by atoms with Gasteiger partial charge in [0.1, 0.15) is 24.2 Å². The Labute approximate surface area is 257 Å². The minimum atomic E-state index is -1.41. The average Bonchev–Trinajstić information content (AvgIpc) is 2.98. The number of esters is 1. The summed E-state index contributed by atoms with van der Waals surface area (Å²) in [5.41, 5.74) is -0.0677. The summed E-state index contributed by atoms with van der Waals surface area (Å²) in [5.74, 6) is -4.56. The van der Waals surface area contributed by atoms with E-state index in [2.05, 4.69) is 16.0 Å². The Balaban J connectivity index is 1.76. The number of hydrogen-bond donors (Lipinski definition) is 3. The summed E-state index contributed by atoms with van der Waals surface area (Å²) in [7, 11) is 0. The Hall–Kier alpha value is -4.06. The average molecular weight is 614 g/mol. The van der Waals surface area contributed by atoms with E-state index in [-0.39, 0.29) is 43.7 Å². The van der Waals surface area contributed by atoms with E-state index >= 15 is 0 Å². The van der Waals surface area contributed by atoms with Crippen molar-refractivity contribution in [3.05, 3.63) is 47.7 Å². The smallest absolute Gasteiger partial charge is 0.325 e. The van der Waals surface area contributed by atoms with E-state index in [1.54, 1.807) is 20.8 Å². The molecule has 0 radical (unpaired) electrons. The molecule has 1 saturated carbocycles. The first-order valence-corrected chi connectivity index (χ1v) is 15.1. The van der Waals surface area contributed by atoms with Gasteiger partial charge in [0.05, 0.1) is 19.8 Å². The maximum atomic E-state index is 13.7. The van der Waals surface area contributed by atoms with Crippen LogP contribution in [0.2, 0.25) is 0 Å². The predicted molar refractivity (Wildman–Crippen MR) is 159 cm³/mol. The maximum Gasteiger partial charge on any atom is 0.325 e. The SMILES string of the molecule is CCOC(=O)CNC(=O)C(=O)[C@H](COCc1ccccc1)NC(=O)[C@H](CC1CCCCC1)NC(=O)C1=CC(=O)CC(C)(C)O1. The highest BCUT2D eigenvalue weighted by atomic mass is 16.5. The molecule has 0 aromatic heterocycles. The van der Waals surface area contributed by atoms with Crippen LogP contribution in [0.15, 0.2) is 42.2 Å². The number of hydrogen-bond acceptors (Lipinski definition) is 9. The monoisotopic (exact) mass is 613 g/mol. The Morgan fingerprint density at radius 1 is 1.00 bits per heavy atom. The molecule has 3 N–H and O–H groups in total. The molecule has 1 heterocycles. The van der Waals surface area contributed by atoms with E-state index in [0.29, 0.717) is 6.42 Å². The lowest BCUT2D eigenvalue weighted by Gasteiger charge is -2.31. The fourth-order valence-electron chi connectivity index (χ4n) is 5.24. The van der Waals surface area contributed by atoms with Crippen LogP contribution in [0.5, 0.6) is 0 Å². The summed E-state index contributed by atoms with van der Waals surface area (Å²) >= 11 is 0. The lowest BCUT2D eigenvalue weighted by Crippen LogP contribution is -2.56. The lowest BCUT2D eigenvalue weighted by molar-refractivity contribution is -0.146. The highest BCUT2D eigenvalue weighted by molar-refractivity contribution is 6.38. The second-order valence-electron chi connectivity index (χ2n) is 11.7. The largest absolute Gasteiger partial charge is 0.482 e. The molecular formula is C32H43N3O9. The molecule has 0 spiro atoms. The van der Waals surface area contributed by atoms with Crippen LogP contribution < -0.4 is 16.0 Å². The maximum absolute atomic E-state index is 13.7. The molecule has 0 unspecified atom stereocenters. The number of Topliss-reactive ketones (excluding diaryl/α,β-unsaturated/α-hetero) is 1. The van der Waals surface area contributed by atoms with Gasteiger partial charge < -0.3 is 30.2 Å². The summed E-state index contributed by atoms with van der Waals surface area (Å²) < 4.78 is 16.2. The van der Waals surface area contributed by atoms with Gasteiger partial charge in [0, 0.05) is 12.5 Å². The fraction of sp³-hybridized carbons (Fsp3) is 0.562. The van der Waals surface area contributed by atoms with Gasteiger partial charge in [-0.15, -0.1) is 0 Å². The topological polar surface area (TPSA) is 166 Å². The minimum absolute atomic E-state index is 0.108. The van der Waals surface area contributed by atoms with Crippen molar-refractivity contribution >= 4 is 35.3 Å². The van der Waals surface area contributed by atoms with Gasteiger partial charge in [-0.1, -0.05) is 62.4 Å². The van der Waals surface area contributed by atoms with Crippen molar-refractivity contribution in [3.8, 4) is 0 Å². The molecule has 3 amide bonds. The van der Waals surface area contributed by atoms with Gasteiger partial charge in [0.25, 0.3) is 11.8 Å². The number of carbonyl (C=O) groups is 6. The van der Waals surface area contributed by atoms with Crippen LogP contribution in [-0.4, -0.2) is 72.7 Å². The van der Waals surface area contributed by atoms with Gasteiger partial charge >= 0.3 is 5.97 Å². The summed E-state index contributed by atoms with van der Waals surface area (Å²) in [6.45, 7) is 4.35. The van der Waals surface area contributed by atoms with E-state index in [9.17, 15) is 28.8 Å². The molecule has 240 valence electrons. The van der Waals surface area contributed by atoms with Crippen LogP contribution in [0.25, 0.3) is 0 Å². The second-order valence-corrected chi connectivity index (χ2v) is 11.7. The number of allylic oxidation sites excluding steroid dienone is 1. The van der Waals surface area contributed by atoms with Crippen LogP contribution in [0.4, 0.5) is 0 Å². The van der Waals surface area contributed by atoms with Crippen molar-refractivity contribution in [3.63, 3.8) is 0 Å². The molecule has 12 heteroatoms. The lowest BCUT2D eigenvalue weighted by atomic mass is 9.84. The first kappa shape index (κ1) is 34.4. The third kappa shape index (κ3) is 11.2. The second kappa shape index (κ2) is 16.7. The molecule has 1 aliphatic heterocycles. The zero-order valence-electron chi connectivity index (χ0n) is 25.6. The van der Waals surface area contributed by atoms with Gasteiger partial charge in [-0.2, -0.15) is 0 Å². The van der Waals surface area contributed by atoms with Crippen molar-refractivity contribution < 1.29 is 43.0 Å².